The van der Waals surface area contributed by atoms with Crippen LogP contribution in [-0.2, 0) is 16.6 Å². The first kappa shape index (κ1) is 25.5. The van der Waals surface area contributed by atoms with Gasteiger partial charge in [0.05, 0.1) is 11.3 Å². The highest BCUT2D eigenvalue weighted by atomic mass is 35.5. The monoisotopic (exact) mass is 502 g/mol. The van der Waals surface area contributed by atoms with E-state index in [1.807, 2.05) is 20.8 Å². The molecule has 34 heavy (non-hydrogen) atoms. The number of aryl methyl sites for hydroxylation is 2. The lowest BCUT2D eigenvalue weighted by Crippen LogP contribution is -2.34. The van der Waals surface area contributed by atoms with E-state index in [2.05, 4.69) is 4.98 Å². The second-order valence-corrected chi connectivity index (χ2v) is 10.7. The molecule has 0 aliphatic heterocycles. The van der Waals surface area contributed by atoms with E-state index in [-0.39, 0.29) is 29.5 Å². The molecule has 0 aliphatic carbocycles. The molecule has 0 spiro atoms. The van der Waals surface area contributed by atoms with Gasteiger partial charge in [0.25, 0.3) is 10.0 Å². The van der Waals surface area contributed by atoms with Gasteiger partial charge in [0.15, 0.2) is 0 Å². The Morgan fingerprint density at radius 1 is 1.15 bits per heavy atom. The van der Waals surface area contributed by atoms with Crippen LogP contribution in [0.1, 0.15) is 40.9 Å². The molecule has 3 rings (SSSR count). The standard InChI is InChI=1S/C25H27ClN2O5S/c1-16(2)14-28(34(31,32)21-6-5-9-27-13-21)23-12-22(26)18(4)11-24(23)33-15-20-8-7-19(25(29)30)10-17(20)3/h5-13,16H,14-15H2,1-4H3,(H,29,30). The van der Waals surface area contributed by atoms with Gasteiger partial charge in [-0.2, -0.15) is 0 Å². The number of anilines is 1. The largest absolute Gasteiger partial charge is 0.487 e. The van der Waals surface area contributed by atoms with Crippen molar-refractivity contribution < 1.29 is 23.1 Å². The van der Waals surface area contributed by atoms with Gasteiger partial charge in [0, 0.05) is 24.0 Å². The number of carboxylic acid groups (broad SMARTS) is 1. The Bertz CT molecular complexity index is 1290. The van der Waals surface area contributed by atoms with Gasteiger partial charge >= 0.3 is 5.97 Å². The highest BCUT2D eigenvalue weighted by Crippen LogP contribution is 2.38. The molecule has 180 valence electrons. The van der Waals surface area contributed by atoms with Crippen molar-refractivity contribution in [2.24, 2.45) is 5.92 Å². The number of benzene rings is 2. The summed E-state index contributed by atoms with van der Waals surface area (Å²) in [6, 6.07) is 11.2. The Kier molecular flexibility index (Phi) is 7.84. The Morgan fingerprint density at radius 3 is 2.47 bits per heavy atom. The second kappa shape index (κ2) is 10.4. The maximum absolute atomic E-state index is 13.6. The van der Waals surface area contributed by atoms with E-state index in [1.54, 1.807) is 37.3 Å². The summed E-state index contributed by atoms with van der Waals surface area (Å²) < 4.78 is 34.6. The van der Waals surface area contributed by atoms with Crippen molar-refractivity contribution in [2.75, 3.05) is 10.8 Å². The van der Waals surface area contributed by atoms with Gasteiger partial charge in [0.2, 0.25) is 0 Å². The van der Waals surface area contributed by atoms with Crippen molar-refractivity contribution in [3.05, 3.63) is 82.1 Å². The highest BCUT2D eigenvalue weighted by molar-refractivity contribution is 7.92. The predicted molar refractivity (Wildman–Crippen MR) is 132 cm³/mol. The summed E-state index contributed by atoms with van der Waals surface area (Å²) in [4.78, 5) is 15.2. The zero-order valence-corrected chi connectivity index (χ0v) is 21.0. The molecule has 0 aliphatic rings. The first-order chi connectivity index (χ1) is 16.0. The molecule has 0 radical (unpaired) electrons. The van der Waals surface area contributed by atoms with Crippen LogP contribution in [0.15, 0.2) is 59.8 Å². The van der Waals surface area contributed by atoms with E-state index >= 15 is 0 Å². The molecule has 9 heteroatoms. The molecule has 0 atom stereocenters. The molecule has 0 saturated heterocycles. The lowest BCUT2D eigenvalue weighted by Gasteiger charge is -2.28. The number of carbonyl (C=O) groups is 1. The molecule has 2 aromatic carbocycles. The van der Waals surface area contributed by atoms with Crippen LogP contribution in [0, 0.1) is 19.8 Å². The maximum Gasteiger partial charge on any atom is 0.335 e. The number of aromatic carboxylic acids is 1. The van der Waals surface area contributed by atoms with Crippen molar-refractivity contribution in [1.82, 2.24) is 4.98 Å². The number of nitrogens with zero attached hydrogens (tertiary/aromatic N) is 2. The van der Waals surface area contributed by atoms with Crippen LogP contribution in [0.25, 0.3) is 0 Å². The lowest BCUT2D eigenvalue weighted by molar-refractivity contribution is 0.0696. The number of ether oxygens (including phenoxy) is 1. The molecule has 0 amide bonds. The Morgan fingerprint density at radius 2 is 1.88 bits per heavy atom. The SMILES string of the molecule is Cc1cc(OCc2ccc(C(=O)O)cc2C)c(N(CC(C)C)S(=O)(=O)c2cccnc2)cc1Cl. The Hall–Kier alpha value is -3.10. The lowest BCUT2D eigenvalue weighted by atomic mass is 10.1. The van der Waals surface area contributed by atoms with Crippen LogP contribution in [0.2, 0.25) is 5.02 Å². The first-order valence-corrected chi connectivity index (χ1v) is 12.5. The summed E-state index contributed by atoms with van der Waals surface area (Å²) in [5, 5.41) is 9.61. The molecule has 0 fully saturated rings. The smallest absolute Gasteiger partial charge is 0.335 e. The molecule has 1 aromatic heterocycles. The average Bonchev–Trinajstić information content (AvgIpc) is 2.79. The van der Waals surface area contributed by atoms with Crippen LogP contribution >= 0.6 is 11.6 Å². The molecule has 1 heterocycles. The minimum absolute atomic E-state index is 0.0187. The minimum Gasteiger partial charge on any atom is -0.487 e. The second-order valence-electron chi connectivity index (χ2n) is 8.42. The first-order valence-electron chi connectivity index (χ1n) is 10.7. The van der Waals surface area contributed by atoms with E-state index < -0.39 is 16.0 Å². The average molecular weight is 503 g/mol. The fraction of sp³-hybridized carbons (Fsp3) is 0.280. The summed E-state index contributed by atoms with van der Waals surface area (Å²) in [5.74, 6) is -0.627. The molecule has 0 saturated carbocycles. The molecular formula is C25H27ClN2O5S. The molecule has 7 nitrogen and oxygen atoms in total. The van der Waals surface area contributed by atoms with Gasteiger partial charge in [-0.15, -0.1) is 0 Å². The van der Waals surface area contributed by atoms with Crippen molar-refractivity contribution in [1.29, 1.82) is 0 Å². The van der Waals surface area contributed by atoms with Crippen LogP contribution < -0.4 is 9.04 Å². The van der Waals surface area contributed by atoms with E-state index in [9.17, 15) is 18.3 Å². The van der Waals surface area contributed by atoms with E-state index in [0.29, 0.717) is 16.5 Å². The fourth-order valence-corrected chi connectivity index (χ4v) is 5.14. The Labute approximate surface area is 205 Å². The molecular weight excluding hydrogens is 476 g/mol. The molecule has 0 unspecified atom stereocenters. The topological polar surface area (TPSA) is 96.8 Å². The third kappa shape index (κ3) is 5.69. The predicted octanol–water partition coefficient (Wildman–Crippen LogP) is 5.48. The summed E-state index contributed by atoms with van der Waals surface area (Å²) in [6.45, 7) is 7.80. The van der Waals surface area contributed by atoms with Gasteiger partial charge in [-0.3, -0.25) is 9.29 Å². The summed E-state index contributed by atoms with van der Waals surface area (Å²) >= 11 is 6.41. The van der Waals surface area contributed by atoms with E-state index in [0.717, 1.165) is 16.7 Å². The number of rotatable bonds is 9. The molecule has 3 aromatic rings. The van der Waals surface area contributed by atoms with Gasteiger partial charge in [0.1, 0.15) is 17.3 Å². The van der Waals surface area contributed by atoms with Crippen LogP contribution in [-0.4, -0.2) is 31.0 Å². The number of carboxylic acids is 1. The number of hydrogen-bond donors (Lipinski definition) is 1. The molecule has 0 bridgehead atoms. The van der Waals surface area contributed by atoms with Crippen molar-refractivity contribution in [2.45, 2.75) is 39.2 Å². The normalized spacial score (nSPS) is 11.5. The van der Waals surface area contributed by atoms with Gasteiger partial charge in [-0.1, -0.05) is 31.5 Å². The third-order valence-electron chi connectivity index (χ3n) is 5.23. The number of aromatic nitrogens is 1. The van der Waals surface area contributed by atoms with Crippen LogP contribution in [0.5, 0.6) is 5.75 Å². The maximum atomic E-state index is 13.6. The fourth-order valence-electron chi connectivity index (χ4n) is 3.39. The summed E-state index contributed by atoms with van der Waals surface area (Å²) in [7, 11) is -3.94. The van der Waals surface area contributed by atoms with Crippen molar-refractivity contribution in [3.63, 3.8) is 0 Å². The highest BCUT2D eigenvalue weighted by Gasteiger charge is 2.29. The molecule has 1 N–H and O–H groups in total. The number of pyridine rings is 1. The van der Waals surface area contributed by atoms with Crippen molar-refractivity contribution in [3.8, 4) is 5.75 Å². The number of sulfonamides is 1. The number of hydrogen-bond acceptors (Lipinski definition) is 5. The quantitative estimate of drug-likeness (QED) is 0.416. The van der Waals surface area contributed by atoms with E-state index in [1.165, 1.54) is 28.8 Å². The minimum atomic E-state index is -3.94. The van der Waals surface area contributed by atoms with Crippen LogP contribution in [0.4, 0.5) is 5.69 Å². The summed E-state index contributed by atoms with van der Waals surface area (Å²) in [5.41, 5.74) is 2.80. The van der Waals surface area contributed by atoms with E-state index in [4.69, 9.17) is 16.3 Å². The summed E-state index contributed by atoms with van der Waals surface area (Å²) in [6.07, 6.45) is 2.83. The van der Waals surface area contributed by atoms with Gasteiger partial charge in [-0.25, -0.2) is 13.2 Å². The third-order valence-corrected chi connectivity index (χ3v) is 7.41. The zero-order valence-electron chi connectivity index (χ0n) is 19.4. The number of halogens is 1. The van der Waals surface area contributed by atoms with Crippen molar-refractivity contribution >= 4 is 33.3 Å². The zero-order chi connectivity index (χ0) is 25.0. The van der Waals surface area contributed by atoms with Gasteiger partial charge in [-0.05, 0) is 72.9 Å². The van der Waals surface area contributed by atoms with Crippen LogP contribution in [0.3, 0.4) is 0 Å². The van der Waals surface area contributed by atoms with Gasteiger partial charge < -0.3 is 9.84 Å². The Balaban J connectivity index is 2.04.